The summed E-state index contributed by atoms with van der Waals surface area (Å²) in [4.78, 5) is 37.7. The molecule has 1 aliphatic rings. The topological polar surface area (TPSA) is 92.3 Å². The highest BCUT2D eigenvalue weighted by Crippen LogP contribution is 2.23. The smallest absolute Gasteiger partial charge is 0.261 e. The van der Waals surface area contributed by atoms with Gasteiger partial charge in [-0.3, -0.25) is 19.3 Å². The Morgan fingerprint density at radius 1 is 1.12 bits per heavy atom. The Labute approximate surface area is 155 Å². The molecule has 26 heavy (non-hydrogen) atoms. The van der Waals surface area contributed by atoms with E-state index < -0.39 is 0 Å². The summed E-state index contributed by atoms with van der Waals surface area (Å²) in [5.41, 5.74) is 0.853. The van der Waals surface area contributed by atoms with Crippen LogP contribution in [0.3, 0.4) is 0 Å². The number of fused-ring (bicyclic) bond motifs is 1. The van der Waals surface area contributed by atoms with E-state index in [9.17, 15) is 14.4 Å². The molecule has 1 aromatic heterocycles. The Bertz CT molecular complexity index is 798. The van der Waals surface area contributed by atoms with E-state index >= 15 is 0 Å². The minimum absolute atomic E-state index is 0.195. The van der Waals surface area contributed by atoms with E-state index in [1.54, 1.807) is 24.3 Å². The minimum atomic E-state index is -0.296. The fourth-order valence-electron chi connectivity index (χ4n) is 2.75. The first-order valence-electron chi connectivity index (χ1n) is 8.67. The zero-order chi connectivity index (χ0) is 18.5. The van der Waals surface area contributed by atoms with Crippen LogP contribution in [0.2, 0.25) is 0 Å². The number of hydrogen-bond acceptors (Lipinski definition) is 6. The molecule has 0 saturated carbocycles. The molecule has 0 atom stereocenters. The molecule has 0 spiro atoms. The van der Waals surface area contributed by atoms with Crippen LogP contribution in [0.4, 0.5) is 5.13 Å². The van der Waals surface area contributed by atoms with Gasteiger partial charge in [0.25, 0.3) is 11.8 Å². The third-order valence-electron chi connectivity index (χ3n) is 4.12. The van der Waals surface area contributed by atoms with Crippen molar-refractivity contribution in [1.82, 2.24) is 15.1 Å². The average molecular weight is 372 g/mol. The average Bonchev–Trinajstić information content (AvgIpc) is 3.18. The summed E-state index contributed by atoms with van der Waals surface area (Å²) in [7, 11) is 0. The quantitative estimate of drug-likeness (QED) is 0.719. The number of nitrogens with one attached hydrogen (secondary N) is 1. The molecule has 7 nitrogen and oxygen atoms in total. The molecule has 2 heterocycles. The number of rotatable bonds is 8. The van der Waals surface area contributed by atoms with Crippen LogP contribution in [-0.4, -0.2) is 39.4 Å². The molecule has 3 amide bonds. The Kier molecular flexibility index (Phi) is 5.72. The van der Waals surface area contributed by atoms with Crippen molar-refractivity contribution in [2.75, 3.05) is 11.9 Å². The zero-order valence-electron chi connectivity index (χ0n) is 14.5. The maximum absolute atomic E-state index is 12.3. The zero-order valence-corrected chi connectivity index (χ0v) is 15.3. The fourth-order valence-corrected chi connectivity index (χ4v) is 3.55. The van der Waals surface area contributed by atoms with Gasteiger partial charge >= 0.3 is 0 Å². The second-order valence-corrected chi connectivity index (χ2v) is 7.13. The first-order chi connectivity index (χ1) is 12.6. The number of amides is 3. The SMILES string of the molecule is CCCCc1nnc(NC(=O)CCCN2C(=O)c3ccccc3C2=O)s1. The van der Waals surface area contributed by atoms with Gasteiger partial charge in [0.05, 0.1) is 11.1 Å². The number of hydrogen-bond donors (Lipinski definition) is 1. The molecule has 0 radical (unpaired) electrons. The lowest BCUT2D eigenvalue weighted by Gasteiger charge is -2.13. The van der Waals surface area contributed by atoms with E-state index in [1.807, 2.05) is 0 Å². The molecule has 0 unspecified atom stereocenters. The third-order valence-corrected chi connectivity index (χ3v) is 5.02. The summed E-state index contributed by atoms with van der Waals surface area (Å²) >= 11 is 1.38. The molecule has 136 valence electrons. The number of benzene rings is 1. The number of nitrogens with zero attached hydrogens (tertiary/aromatic N) is 3. The lowest BCUT2D eigenvalue weighted by molar-refractivity contribution is -0.116. The molecule has 1 aliphatic heterocycles. The third kappa shape index (κ3) is 3.96. The molecule has 0 saturated heterocycles. The van der Waals surface area contributed by atoms with Crippen LogP contribution in [0.15, 0.2) is 24.3 Å². The van der Waals surface area contributed by atoms with E-state index in [0.29, 0.717) is 22.7 Å². The number of unbranched alkanes of at least 4 members (excludes halogenated alkanes) is 1. The molecule has 2 aromatic rings. The largest absolute Gasteiger partial charge is 0.301 e. The van der Waals surface area contributed by atoms with E-state index in [4.69, 9.17) is 0 Å². The number of anilines is 1. The van der Waals surface area contributed by atoms with Crippen molar-refractivity contribution in [2.45, 2.75) is 39.0 Å². The maximum Gasteiger partial charge on any atom is 0.261 e. The molecule has 1 N–H and O–H groups in total. The summed E-state index contributed by atoms with van der Waals surface area (Å²) in [6, 6.07) is 6.76. The van der Waals surface area contributed by atoms with Crippen molar-refractivity contribution in [3.05, 3.63) is 40.4 Å². The van der Waals surface area contributed by atoms with Crippen LogP contribution in [-0.2, 0) is 11.2 Å². The lowest BCUT2D eigenvalue weighted by Crippen LogP contribution is -2.31. The molecular formula is C18H20N4O3S. The molecular weight excluding hydrogens is 352 g/mol. The highest BCUT2D eigenvalue weighted by atomic mass is 32.1. The van der Waals surface area contributed by atoms with Gasteiger partial charge < -0.3 is 5.32 Å². The van der Waals surface area contributed by atoms with Gasteiger partial charge in [-0.2, -0.15) is 0 Å². The van der Waals surface area contributed by atoms with Gasteiger partial charge in [-0.25, -0.2) is 0 Å². The lowest BCUT2D eigenvalue weighted by atomic mass is 10.1. The van der Waals surface area contributed by atoms with E-state index in [1.165, 1.54) is 16.2 Å². The predicted molar refractivity (Wildman–Crippen MR) is 98.2 cm³/mol. The number of carbonyl (C=O) groups is 3. The number of aromatic nitrogens is 2. The number of carbonyl (C=O) groups excluding carboxylic acids is 3. The number of aryl methyl sites for hydroxylation is 1. The highest BCUT2D eigenvalue weighted by molar-refractivity contribution is 7.15. The Hall–Kier alpha value is -2.61. The van der Waals surface area contributed by atoms with E-state index in [-0.39, 0.29) is 30.7 Å². The Morgan fingerprint density at radius 2 is 1.81 bits per heavy atom. The fraction of sp³-hybridized carbons (Fsp3) is 0.389. The Balaban J connectivity index is 1.46. The van der Waals surface area contributed by atoms with Crippen LogP contribution in [0.1, 0.15) is 58.3 Å². The monoisotopic (exact) mass is 372 g/mol. The molecule has 3 rings (SSSR count). The first kappa shape index (κ1) is 18.2. The normalized spacial score (nSPS) is 13.2. The predicted octanol–water partition coefficient (Wildman–Crippen LogP) is 2.90. The summed E-state index contributed by atoms with van der Waals surface area (Å²) < 4.78 is 0. The Morgan fingerprint density at radius 3 is 2.46 bits per heavy atom. The van der Waals surface area contributed by atoms with Crippen molar-refractivity contribution in [1.29, 1.82) is 0 Å². The second-order valence-electron chi connectivity index (χ2n) is 6.06. The standard InChI is InChI=1S/C18H20N4O3S/c1-2-3-10-15-20-21-18(26-15)19-14(23)9-6-11-22-16(24)12-7-4-5-8-13(12)17(22)25/h4-5,7-8H,2-3,6,9-11H2,1H3,(H,19,21,23). The van der Waals surface area contributed by atoms with Crippen LogP contribution in [0.25, 0.3) is 0 Å². The minimum Gasteiger partial charge on any atom is -0.301 e. The van der Waals surface area contributed by atoms with Gasteiger partial charge in [0, 0.05) is 19.4 Å². The van der Waals surface area contributed by atoms with Gasteiger partial charge in [-0.15, -0.1) is 10.2 Å². The summed E-state index contributed by atoms with van der Waals surface area (Å²) in [5.74, 6) is -0.786. The van der Waals surface area contributed by atoms with Crippen LogP contribution < -0.4 is 5.32 Å². The van der Waals surface area contributed by atoms with Crippen molar-refractivity contribution in [2.24, 2.45) is 0 Å². The van der Waals surface area contributed by atoms with Gasteiger partial charge in [-0.1, -0.05) is 36.8 Å². The number of imide groups is 1. The van der Waals surface area contributed by atoms with Crippen molar-refractivity contribution >= 4 is 34.2 Å². The molecule has 0 bridgehead atoms. The van der Waals surface area contributed by atoms with Crippen LogP contribution >= 0.6 is 11.3 Å². The van der Waals surface area contributed by atoms with Crippen LogP contribution in [0, 0.1) is 0 Å². The van der Waals surface area contributed by atoms with Crippen molar-refractivity contribution in [3.63, 3.8) is 0 Å². The molecule has 0 fully saturated rings. The molecule has 0 aliphatic carbocycles. The van der Waals surface area contributed by atoms with E-state index in [2.05, 4.69) is 22.4 Å². The molecule has 1 aromatic carbocycles. The van der Waals surface area contributed by atoms with Crippen LogP contribution in [0.5, 0.6) is 0 Å². The molecule has 8 heteroatoms. The maximum atomic E-state index is 12.3. The summed E-state index contributed by atoms with van der Waals surface area (Å²) in [6.07, 6.45) is 3.60. The highest BCUT2D eigenvalue weighted by Gasteiger charge is 2.34. The summed E-state index contributed by atoms with van der Waals surface area (Å²) in [6.45, 7) is 2.33. The van der Waals surface area contributed by atoms with Crippen molar-refractivity contribution in [3.8, 4) is 0 Å². The van der Waals surface area contributed by atoms with Crippen molar-refractivity contribution < 1.29 is 14.4 Å². The first-order valence-corrected chi connectivity index (χ1v) is 9.49. The van der Waals surface area contributed by atoms with Gasteiger partial charge in [0.1, 0.15) is 5.01 Å². The second kappa shape index (κ2) is 8.18. The summed E-state index contributed by atoms with van der Waals surface area (Å²) in [5, 5.41) is 12.1. The van der Waals surface area contributed by atoms with E-state index in [0.717, 1.165) is 24.3 Å². The van der Waals surface area contributed by atoms with Gasteiger partial charge in [0.2, 0.25) is 11.0 Å². The van der Waals surface area contributed by atoms with Gasteiger partial charge in [-0.05, 0) is 25.0 Å². The van der Waals surface area contributed by atoms with Gasteiger partial charge in [0.15, 0.2) is 0 Å².